The molecule has 0 aliphatic carbocycles. The Bertz CT molecular complexity index is 498. The van der Waals surface area contributed by atoms with E-state index in [1.54, 1.807) is 24.3 Å². The van der Waals surface area contributed by atoms with Crippen LogP contribution in [0.2, 0.25) is 5.02 Å². The summed E-state index contributed by atoms with van der Waals surface area (Å²) in [6, 6.07) is 7.16. The monoisotopic (exact) mass is 324 g/mol. The summed E-state index contributed by atoms with van der Waals surface area (Å²) < 4.78 is 0. The van der Waals surface area contributed by atoms with Gasteiger partial charge in [-0.25, -0.2) is 0 Å². The molecule has 2 rings (SSSR count). The average Bonchev–Trinajstić information content (AvgIpc) is 2.43. The normalized spacial score (nSPS) is 17.4. The molecular weight excluding hydrogens is 300 g/mol. The standard InChI is InChI=1S/C17H25ClN2O2/c1-12(2)8-15(9-20-10-16(21)11-20)19(3)17(22)13-4-6-14(18)7-5-13/h4-7,12,15-16,21H,8-11H2,1-3H3/t15-/m0/s1. The van der Waals surface area contributed by atoms with Gasteiger partial charge in [-0.15, -0.1) is 0 Å². The molecule has 22 heavy (non-hydrogen) atoms. The lowest BCUT2D eigenvalue weighted by Gasteiger charge is -2.41. The van der Waals surface area contributed by atoms with E-state index in [1.807, 2.05) is 11.9 Å². The minimum Gasteiger partial charge on any atom is -0.390 e. The van der Waals surface area contributed by atoms with Gasteiger partial charge in [0, 0.05) is 43.3 Å². The molecule has 122 valence electrons. The van der Waals surface area contributed by atoms with Crippen LogP contribution >= 0.6 is 11.6 Å². The summed E-state index contributed by atoms with van der Waals surface area (Å²) in [4.78, 5) is 16.7. The van der Waals surface area contributed by atoms with Crippen LogP contribution in [-0.4, -0.2) is 59.6 Å². The minimum absolute atomic E-state index is 0.0170. The van der Waals surface area contributed by atoms with Gasteiger partial charge < -0.3 is 10.0 Å². The van der Waals surface area contributed by atoms with Crippen molar-refractivity contribution >= 4 is 17.5 Å². The Morgan fingerprint density at radius 1 is 1.36 bits per heavy atom. The Morgan fingerprint density at radius 3 is 2.45 bits per heavy atom. The molecule has 1 amide bonds. The molecule has 0 bridgehead atoms. The number of rotatable bonds is 6. The molecule has 0 aromatic heterocycles. The fourth-order valence-electron chi connectivity index (χ4n) is 2.85. The number of likely N-dealkylation sites (tertiary alicyclic amines) is 1. The fraction of sp³-hybridized carbons (Fsp3) is 0.588. The van der Waals surface area contributed by atoms with Crippen molar-refractivity contribution in [2.45, 2.75) is 32.4 Å². The van der Waals surface area contributed by atoms with Crippen LogP contribution in [0.15, 0.2) is 24.3 Å². The Hall–Kier alpha value is -1.10. The number of carbonyl (C=O) groups is 1. The first kappa shape index (κ1) is 17.3. The summed E-state index contributed by atoms with van der Waals surface area (Å²) in [5.41, 5.74) is 0.657. The molecule has 1 saturated heterocycles. The van der Waals surface area contributed by atoms with Gasteiger partial charge in [-0.05, 0) is 36.6 Å². The first-order chi connectivity index (χ1) is 10.4. The number of aliphatic hydroxyl groups is 1. The number of benzene rings is 1. The van der Waals surface area contributed by atoms with Crippen LogP contribution in [0.5, 0.6) is 0 Å². The van der Waals surface area contributed by atoms with Crippen LogP contribution in [-0.2, 0) is 0 Å². The maximum absolute atomic E-state index is 12.6. The second kappa shape index (κ2) is 7.44. The molecule has 1 atom stereocenters. The fourth-order valence-corrected chi connectivity index (χ4v) is 2.98. The highest BCUT2D eigenvalue weighted by atomic mass is 35.5. The third kappa shape index (κ3) is 4.45. The Balaban J connectivity index is 2.04. The van der Waals surface area contributed by atoms with E-state index in [2.05, 4.69) is 18.7 Å². The van der Waals surface area contributed by atoms with Gasteiger partial charge in [-0.2, -0.15) is 0 Å². The van der Waals surface area contributed by atoms with Crippen molar-refractivity contribution in [3.8, 4) is 0 Å². The lowest BCUT2D eigenvalue weighted by molar-refractivity contribution is -0.0123. The summed E-state index contributed by atoms with van der Waals surface area (Å²) in [5, 5.41) is 10.1. The Morgan fingerprint density at radius 2 is 1.95 bits per heavy atom. The van der Waals surface area contributed by atoms with Gasteiger partial charge in [-0.1, -0.05) is 25.4 Å². The van der Waals surface area contributed by atoms with Crippen molar-refractivity contribution in [2.75, 3.05) is 26.7 Å². The van der Waals surface area contributed by atoms with Crippen molar-refractivity contribution in [1.29, 1.82) is 0 Å². The maximum atomic E-state index is 12.6. The van der Waals surface area contributed by atoms with Crippen molar-refractivity contribution < 1.29 is 9.90 Å². The van der Waals surface area contributed by atoms with Crippen LogP contribution < -0.4 is 0 Å². The van der Waals surface area contributed by atoms with Gasteiger partial charge in [0.25, 0.3) is 5.91 Å². The SMILES string of the molecule is CC(C)C[C@@H](CN1CC(O)C1)N(C)C(=O)c1ccc(Cl)cc1. The number of halogens is 1. The number of hydrogen-bond donors (Lipinski definition) is 1. The highest BCUT2D eigenvalue weighted by Crippen LogP contribution is 2.18. The van der Waals surface area contributed by atoms with E-state index >= 15 is 0 Å². The summed E-state index contributed by atoms with van der Waals surface area (Å²) in [7, 11) is 1.86. The van der Waals surface area contributed by atoms with Crippen molar-refractivity contribution in [2.24, 2.45) is 5.92 Å². The zero-order valence-electron chi connectivity index (χ0n) is 13.5. The highest BCUT2D eigenvalue weighted by Gasteiger charge is 2.30. The molecule has 0 radical (unpaired) electrons. The number of amides is 1. The lowest BCUT2D eigenvalue weighted by atomic mass is 9.99. The second-order valence-corrected chi connectivity index (χ2v) is 7.02. The Kier molecular flexibility index (Phi) is 5.84. The second-order valence-electron chi connectivity index (χ2n) is 6.58. The number of β-amino-alcohol motifs (C(OH)–C–C–N with tert-alkyl or cyclic N) is 1. The number of likely N-dealkylation sites (N-methyl/N-ethyl adjacent to an activating group) is 1. The summed E-state index contributed by atoms with van der Waals surface area (Å²) in [6.07, 6.45) is 0.736. The number of carbonyl (C=O) groups excluding carboxylic acids is 1. The van der Waals surface area contributed by atoms with Crippen molar-refractivity contribution in [1.82, 2.24) is 9.80 Å². The summed E-state index contributed by atoms with van der Waals surface area (Å²) >= 11 is 5.88. The van der Waals surface area contributed by atoms with E-state index in [-0.39, 0.29) is 18.1 Å². The zero-order chi connectivity index (χ0) is 16.3. The summed E-state index contributed by atoms with van der Waals surface area (Å²) in [5.74, 6) is 0.528. The molecule has 1 aliphatic heterocycles. The average molecular weight is 325 g/mol. The maximum Gasteiger partial charge on any atom is 0.253 e. The molecule has 1 fully saturated rings. The lowest BCUT2D eigenvalue weighted by Crippen LogP contribution is -2.56. The topological polar surface area (TPSA) is 43.8 Å². The van der Waals surface area contributed by atoms with Crippen LogP contribution in [0.4, 0.5) is 0 Å². The Labute approximate surface area is 137 Å². The van der Waals surface area contributed by atoms with Crippen molar-refractivity contribution in [3.63, 3.8) is 0 Å². The van der Waals surface area contributed by atoms with E-state index in [0.29, 0.717) is 29.6 Å². The number of aliphatic hydroxyl groups excluding tert-OH is 1. The third-order valence-electron chi connectivity index (χ3n) is 4.11. The third-order valence-corrected chi connectivity index (χ3v) is 4.36. The summed E-state index contributed by atoms with van der Waals surface area (Å²) in [6.45, 7) is 6.55. The number of hydrogen-bond acceptors (Lipinski definition) is 3. The van der Waals surface area contributed by atoms with Gasteiger partial charge in [0.05, 0.1) is 6.10 Å². The molecule has 0 saturated carbocycles. The van der Waals surface area contributed by atoms with E-state index < -0.39 is 0 Å². The van der Waals surface area contributed by atoms with Crippen LogP contribution in [0, 0.1) is 5.92 Å². The predicted molar refractivity (Wildman–Crippen MR) is 89.2 cm³/mol. The van der Waals surface area contributed by atoms with Gasteiger partial charge in [-0.3, -0.25) is 9.69 Å². The minimum atomic E-state index is -0.211. The van der Waals surface area contributed by atoms with Gasteiger partial charge in [0.15, 0.2) is 0 Å². The van der Waals surface area contributed by atoms with Crippen LogP contribution in [0.3, 0.4) is 0 Å². The molecule has 1 heterocycles. The molecule has 0 spiro atoms. The highest BCUT2D eigenvalue weighted by molar-refractivity contribution is 6.30. The predicted octanol–water partition coefficient (Wildman–Crippen LogP) is 2.50. The van der Waals surface area contributed by atoms with Crippen LogP contribution in [0.25, 0.3) is 0 Å². The van der Waals surface area contributed by atoms with E-state index in [0.717, 1.165) is 13.0 Å². The van der Waals surface area contributed by atoms with E-state index in [9.17, 15) is 9.90 Å². The largest absolute Gasteiger partial charge is 0.390 e. The van der Waals surface area contributed by atoms with E-state index in [1.165, 1.54) is 0 Å². The molecular formula is C17H25ClN2O2. The zero-order valence-corrected chi connectivity index (χ0v) is 14.3. The van der Waals surface area contributed by atoms with Crippen molar-refractivity contribution in [3.05, 3.63) is 34.9 Å². The first-order valence-corrected chi connectivity index (χ1v) is 8.17. The molecule has 4 nitrogen and oxygen atoms in total. The smallest absolute Gasteiger partial charge is 0.253 e. The molecule has 1 N–H and O–H groups in total. The van der Waals surface area contributed by atoms with Gasteiger partial charge in [0.2, 0.25) is 0 Å². The molecule has 1 aliphatic rings. The quantitative estimate of drug-likeness (QED) is 0.874. The van der Waals surface area contributed by atoms with E-state index in [4.69, 9.17) is 11.6 Å². The molecule has 1 aromatic rings. The van der Waals surface area contributed by atoms with Crippen LogP contribution in [0.1, 0.15) is 30.6 Å². The van der Waals surface area contributed by atoms with Gasteiger partial charge in [0.1, 0.15) is 0 Å². The number of nitrogens with zero attached hydrogens (tertiary/aromatic N) is 2. The molecule has 5 heteroatoms. The molecule has 1 aromatic carbocycles. The molecule has 0 unspecified atom stereocenters. The first-order valence-electron chi connectivity index (χ1n) is 7.80. The van der Waals surface area contributed by atoms with Gasteiger partial charge >= 0.3 is 0 Å².